The minimum absolute atomic E-state index is 0.0272. The molecule has 0 spiro atoms. The Morgan fingerprint density at radius 2 is 2.11 bits per heavy atom. The zero-order valence-corrected chi connectivity index (χ0v) is 11.1. The average Bonchev–Trinajstić information content (AvgIpc) is 2.34. The van der Waals surface area contributed by atoms with E-state index in [1.807, 2.05) is 45.0 Å². The van der Waals surface area contributed by atoms with Crippen LogP contribution in [-0.4, -0.2) is 31.3 Å². The van der Waals surface area contributed by atoms with Crippen LogP contribution in [0.4, 0.5) is 5.69 Å². The summed E-state index contributed by atoms with van der Waals surface area (Å²) in [6, 6.07) is 7.57. The molecule has 1 aliphatic rings. The van der Waals surface area contributed by atoms with Gasteiger partial charge >= 0.3 is 0 Å². The average molecular weight is 249 g/mol. The lowest BCUT2D eigenvalue weighted by Crippen LogP contribution is -2.41. The van der Waals surface area contributed by atoms with E-state index in [1.165, 1.54) is 0 Å². The normalized spacial score (nSPS) is 14.9. The number of rotatable bonds is 2. The van der Waals surface area contributed by atoms with E-state index in [1.54, 1.807) is 4.90 Å². The molecule has 0 fully saturated rings. The molecule has 0 atom stereocenters. The second-order valence-electron chi connectivity index (χ2n) is 5.26. The van der Waals surface area contributed by atoms with E-state index in [-0.39, 0.29) is 18.1 Å². The molecule has 1 heterocycles. The number of carbonyl (C=O) groups excluding carboxylic acids is 1. The molecule has 98 valence electrons. The maximum atomic E-state index is 12.2. The number of hydrogen-bond acceptors (Lipinski definition) is 3. The predicted octanol–water partition coefficient (Wildman–Crippen LogP) is 2.23. The Kier molecular flexibility index (Phi) is 3.57. The summed E-state index contributed by atoms with van der Waals surface area (Å²) in [6.45, 7) is 7.01. The van der Waals surface area contributed by atoms with Gasteiger partial charge in [-0.15, -0.1) is 0 Å². The fraction of sp³-hybridized carbons (Fsp3) is 0.500. The van der Waals surface area contributed by atoms with Crippen LogP contribution in [0.5, 0.6) is 5.75 Å². The van der Waals surface area contributed by atoms with Gasteiger partial charge < -0.3 is 14.4 Å². The molecule has 0 N–H and O–H groups in total. The molecule has 1 amide bonds. The summed E-state index contributed by atoms with van der Waals surface area (Å²) < 4.78 is 11.0. The third-order valence-corrected chi connectivity index (χ3v) is 2.66. The number of carbonyl (C=O) groups is 1. The molecule has 0 saturated heterocycles. The van der Waals surface area contributed by atoms with Gasteiger partial charge in [0.05, 0.1) is 17.8 Å². The van der Waals surface area contributed by atoms with E-state index in [2.05, 4.69) is 0 Å². The van der Waals surface area contributed by atoms with Crippen LogP contribution in [0.1, 0.15) is 20.8 Å². The van der Waals surface area contributed by atoms with Gasteiger partial charge in [-0.2, -0.15) is 0 Å². The molecule has 0 aromatic heterocycles. The highest BCUT2D eigenvalue weighted by Gasteiger charge is 2.24. The highest BCUT2D eigenvalue weighted by atomic mass is 16.5. The van der Waals surface area contributed by atoms with Gasteiger partial charge in [0, 0.05) is 0 Å². The van der Waals surface area contributed by atoms with Gasteiger partial charge in [0.1, 0.15) is 19.0 Å². The molecule has 0 aliphatic carbocycles. The van der Waals surface area contributed by atoms with Crippen LogP contribution in [0, 0.1) is 0 Å². The molecule has 4 heteroatoms. The molecule has 0 saturated carbocycles. The van der Waals surface area contributed by atoms with Crippen LogP contribution in [0.25, 0.3) is 0 Å². The number of nitrogens with zero attached hydrogens (tertiary/aromatic N) is 1. The summed E-state index contributed by atoms with van der Waals surface area (Å²) >= 11 is 0. The van der Waals surface area contributed by atoms with Crippen LogP contribution in [-0.2, 0) is 9.53 Å². The molecule has 1 aliphatic heterocycles. The summed E-state index contributed by atoms with van der Waals surface area (Å²) in [5.74, 6) is 0.730. The van der Waals surface area contributed by atoms with Crippen LogP contribution in [0.15, 0.2) is 24.3 Å². The van der Waals surface area contributed by atoms with Gasteiger partial charge in [-0.1, -0.05) is 12.1 Å². The number of anilines is 1. The maximum absolute atomic E-state index is 12.2. The molecule has 18 heavy (non-hydrogen) atoms. The first kappa shape index (κ1) is 12.9. The Morgan fingerprint density at radius 3 is 2.83 bits per heavy atom. The van der Waals surface area contributed by atoms with Crippen molar-refractivity contribution < 1.29 is 14.3 Å². The summed E-state index contributed by atoms with van der Waals surface area (Å²) in [5, 5.41) is 0. The third kappa shape index (κ3) is 3.01. The SMILES string of the molecule is CC(C)(C)OCC(=O)N1CCOc2ccccc21. The Bertz CT molecular complexity index is 437. The number of amides is 1. The van der Waals surface area contributed by atoms with Crippen molar-refractivity contribution in [3.05, 3.63) is 24.3 Å². The van der Waals surface area contributed by atoms with Crippen LogP contribution in [0.3, 0.4) is 0 Å². The van der Waals surface area contributed by atoms with Crippen LogP contribution in [0.2, 0.25) is 0 Å². The second kappa shape index (κ2) is 4.98. The number of hydrogen-bond donors (Lipinski definition) is 0. The highest BCUT2D eigenvalue weighted by molar-refractivity contribution is 5.96. The van der Waals surface area contributed by atoms with E-state index >= 15 is 0 Å². The first-order valence-corrected chi connectivity index (χ1v) is 6.13. The predicted molar refractivity (Wildman–Crippen MR) is 70.0 cm³/mol. The van der Waals surface area contributed by atoms with Gasteiger partial charge in [-0.25, -0.2) is 0 Å². The molecule has 0 unspecified atom stereocenters. The van der Waals surface area contributed by atoms with Gasteiger partial charge in [-0.3, -0.25) is 4.79 Å². The molecule has 2 rings (SSSR count). The Hall–Kier alpha value is -1.55. The lowest BCUT2D eigenvalue weighted by molar-refractivity contribution is -0.128. The van der Waals surface area contributed by atoms with Gasteiger partial charge in [0.15, 0.2) is 0 Å². The van der Waals surface area contributed by atoms with Crippen molar-refractivity contribution >= 4 is 11.6 Å². The van der Waals surface area contributed by atoms with Crippen molar-refractivity contribution in [2.75, 3.05) is 24.7 Å². The number of benzene rings is 1. The smallest absolute Gasteiger partial charge is 0.253 e. The van der Waals surface area contributed by atoms with E-state index < -0.39 is 0 Å². The fourth-order valence-corrected chi connectivity index (χ4v) is 1.78. The Morgan fingerprint density at radius 1 is 1.39 bits per heavy atom. The maximum Gasteiger partial charge on any atom is 0.253 e. The van der Waals surface area contributed by atoms with E-state index in [0.29, 0.717) is 13.2 Å². The summed E-state index contributed by atoms with van der Waals surface area (Å²) in [4.78, 5) is 13.9. The quantitative estimate of drug-likeness (QED) is 0.806. The standard InChI is InChI=1S/C14H19NO3/c1-14(2,3)18-10-13(16)15-8-9-17-12-7-5-4-6-11(12)15/h4-7H,8-10H2,1-3H3. The molecule has 1 aromatic rings. The molecule has 0 radical (unpaired) electrons. The van der Waals surface area contributed by atoms with Crippen molar-refractivity contribution in [2.24, 2.45) is 0 Å². The summed E-state index contributed by atoms with van der Waals surface area (Å²) in [6.07, 6.45) is 0. The largest absolute Gasteiger partial charge is 0.490 e. The minimum Gasteiger partial charge on any atom is -0.490 e. The lowest BCUT2D eigenvalue weighted by atomic mass is 10.2. The number of para-hydroxylation sites is 2. The van der Waals surface area contributed by atoms with Crippen molar-refractivity contribution in [1.29, 1.82) is 0 Å². The zero-order valence-electron chi connectivity index (χ0n) is 11.1. The van der Waals surface area contributed by atoms with Crippen molar-refractivity contribution in [1.82, 2.24) is 0 Å². The molecule has 0 bridgehead atoms. The topological polar surface area (TPSA) is 38.8 Å². The molecular formula is C14H19NO3. The molecular weight excluding hydrogens is 230 g/mol. The molecule has 1 aromatic carbocycles. The zero-order chi connectivity index (χ0) is 13.2. The molecule has 4 nitrogen and oxygen atoms in total. The van der Waals surface area contributed by atoms with E-state index in [9.17, 15) is 4.79 Å². The summed E-state index contributed by atoms with van der Waals surface area (Å²) in [5.41, 5.74) is 0.521. The van der Waals surface area contributed by atoms with Crippen LogP contribution < -0.4 is 9.64 Å². The van der Waals surface area contributed by atoms with Crippen molar-refractivity contribution in [3.8, 4) is 5.75 Å². The van der Waals surface area contributed by atoms with E-state index in [4.69, 9.17) is 9.47 Å². The second-order valence-corrected chi connectivity index (χ2v) is 5.26. The van der Waals surface area contributed by atoms with Crippen molar-refractivity contribution in [2.45, 2.75) is 26.4 Å². The van der Waals surface area contributed by atoms with Gasteiger partial charge in [0.25, 0.3) is 5.91 Å². The Balaban J connectivity index is 2.08. The minimum atomic E-state index is -0.304. The Labute approximate surface area is 107 Å². The van der Waals surface area contributed by atoms with Crippen LogP contribution >= 0.6 is 0 Å². The number of ether oxygens (including phenoxy) is 2. The van der Waals surface area contributed by atoms with E-state index in [0.717, 1.165) is 11.4 Å². The highest BCUT2D eigenvalue weighted by Crippen LogP contribution is 2.30. The van der Waals surface area contributed by atoms with Gasteiger partial charge in [0.2, 0.25) is 0 Å². The van der Waals surface area contributed by atoms with Crippen molar-refractivity contribution in [3.63, 3.8) is 0 Å². The first-order chi connectivity index (χ1) is 8.47. The first-order valence-electron chi connectivity index (χ1n) is 6.13. The van der Waals surface area contributed by atoms with Gasteiger partial charge in [-0.05, 0) is 32.9 Å². The fourth-order valence-electron chi connectivity index (χ4n) is 1.78. The number of fused-ring (bicyclic) bond motifs is 1. The summed E-state index contributed by atoms with van der Waals surface area (Å²) in [7, 11) is 0. The lowest BCUT2D eigenvalue weighted by Gasteiger charge is -2.30. The monoisotopic (exact) mass is 249 g/mol. The third-order valence-electron chi connectivity index (χ3n) is 2.66.